The minimum atomic E-state index is 0.337. The Morgan fingerprint density at radius 3 is 2.61 bits per heavy atom. The maximum absolute atomic E-state index is 5.62. The van der Waals surface area contributed by atoms with Crippen LogP contribution in [-0.2, 0) is 22.6 Å². The first kappa shape index (κ1) is 22.7. The summed E-state index contributed by atoms with van der Waals surface area (Å²) in [6.07, 6.45) is 6.30. The molecule has 1 saturated carbocycles. The van der Waals surface area contributed by atoms with E-state index >= 15 is 0 Å². The SMILES string of the molecule is CCOCCC1(CNC(=NC)NCc2c(C)nn(CCOC)c2C)CCCC1. The summed E-state index contributed by atoms with van der Waals surface area (Å²) >= 11 is 0. The average molecular weight is 394 g/mol. The highest BCUT2D eigenvalue weighted by Crippen LogP contribution is 2.40. The van der Waals surface area contributed by atoms with Crippen LogP contribution in [0.25, 0.3) is 0 Å². The van der Waals surface area contributed by atoms with Gasteiger partial charge in [0.2, 0.25) is 0 Å². The smallest absolute Gasteiger partial charge is 0.191 e. The van der Waals surface area contributed by atoms with E-state index < -0.39 is 0 Å². The van der Waals surface area contributed by atoms with Crippen molar-refractivity contribution >= 4 is 5.96 Å². The number of guanidine groups is 1. The summed E-state index contributed by atoms with van der Waals surface area (Å²) < 4.78 is 12.8. The van der Waals surface area contributed by atoms with Crippen LogP contribution in [0, 0.1) is 19.3 Å². The van der Waals surface area contributed by atoms with Gasteiger partial charge in [-0.25, -0.2) is 0 Å². The van der Waals surface area contributed by atoms with E-state index in [4.69, 9.17) is 9.47 Å². The number of methoxy groups -OCH3 is 1. The van der Waals surface area contributed by atoms with Gasteiger partial charge in [0, 0.05) is 51.7 Å². The fourth-order valence-electron chi connectivity index (χ4n) is 4.12. The van der Waals surface area contributed by atoms with Crippen LogP contribution in [0.15, 0.2) is 4.99 Å². The molecule has 28 heavy (non-hydrogen) atoms. The van der Waals surface area contributed by atoms with Gasteiger partial charge in [0.1, 0.15) is 0 Å². The largest absolute Gasteiger partial charge is 0.383 e. The van der Waals surface area contributed by atoms with Crippen LogP contribution in [0.2, 0.25) is 0 Å². The second-order valence-electron chi connectivity index (χ2n) is 7.80. The summed E-state index contributed by atoms with van der Waals surface area (Å²) in [5.41, 5.74) is 3.80. The zero-order valence-electron chi connectivity index (χ0n) is 18.4. The molecule has 0 bridgehead atoms. The molecule has 0 spiro atoms. The molecule has 0 radical (unpaired) electrons. The molecule has 1 aromatic rings. The molecular formula is C21H39N5O2. The van der Waals surface area contributed by atoms with E-state index in [9.17, 15) is 0 Å². The Labute approximate surface area is 170 Å². The van der Waals surface area contributed by atoms with Gasteiger partial charge in [0.25, 0.3) is 0 Å². The number of ether oxygens (including phenoxy) is 2. The van der Waals surface area contributed by atoms with Crippen molar-refractivity contribution in [1.29, 1.82) is 0 Å². The van der Waals surface area contributed by atoms with Gasteiger partial charge in [-0.3, -0.25) is 9.67 Å². The Balaban J connectivity index is 1.90. The van der Waals surface area contributed by atoms with E-state index in [0.717, 1.165) is 50.9 Å². The van der Waals surface area contributed by atoms with Crippen molar-refractivity contribution in [3.63, 3.8) is 0 Å². The third-order valence-electron chi connectivity index (χ3n) is 5.97. The quantitative estimate of drug-likeness (QED) is 0.344. The van der Waals surface area contributed by atoms with E-state index in [-0.39, 0.29) is 0 Å². The number of nitrogens with zero attached hydrogens (tertiary/aromatic N) is 3. The molecule has 2 N–H and O–H groups in total. The summed E-state index contributed by atoms with van der Waals surface area (Å²) in [7, 11) is 3.55. The van der Waals surface area contributed by atoms with Gasteiger partial charge in [-0.15, -0.1) is 0 Å². The summed E-state index contributed by atoms with van der Waals surface area (Å²) in [4.78, 5) is 4.42. The van der Waals surface area contributed by atoms with E-state index in [1.807, 2.05) is 11.7 Å². The lowest BCUT2D eigenvalue weighted by atomic mass is 9.83. The molecule has 1 aliphatic carbocycles. The molecule has 0 atom stereocenters. The lowest BCUT2D eigenvalue weighted by Gasteiger charge is -2.30. The normalized spacial score (nSPS) is 16.5. The molecule has 0 amide bonds. The van der Waals surface area contributed by atoms with Gasteiger partial charge in [0.05, 0.1) is 18.8 Å². The Morgan fingerprint density at radius 2 is 1.96 bits per heavy atom. The average Bonchev–Trinajstić information content (AvgIpc) is 3.26. The number of aryl methyl sites for hydroxylation is 1. The van der Waals surface area contributed by atoms with Gasteiger partial charge < -0.3 is 20.1 Å². The van der Waals surface area contributed by atoms with Gasteiger partial charge >= 0.3 is 0 Å². The molecule has 1 fully saturated rings. The van der Waals surface area contributed by atoms with Crippen LogP contribution in [0.3, 0.4) is 0 Å². The third kappa shape index (κ3) is 6.21. The highest BCUT2D eigenvalue weighted by Gasteiger charge is 2.33. The van der Waals surface area contributed by atoms with Crippen molar-refractivity contribution in [3.8, 4) is 0 Å². The lowest BCUT2D eigenvalue weighted by molar-refractivity contribution is 0.105. The van der Waals surface area contributed by atoms with E-state index in [2.05, 4.69) is 41.5 Å². The highest BCUT2D eigenvalue weighted by molar-refractivity contribution is 5.79. The molecule has 0 aromatic carbocycles. The fraction of sp³-hybridized carbons (Fsp3) is 0.810. The predicted octanol–water partition coefficient (Wildman–Crippen LogP) is 2.80. The molecule has 1 aliphatic rings. The predicted molar refractivity (Wildman–Crippen MR) is 114 cm³/mol. The monoisotopic (exact) mass is 393 g/mol. The topological polar surface area (TPSA) is 72.7 Å². The lowest BCUT2D eigenvalue weighted by Crippen LogP contribution is -2.43. The van der Waals surface area contributed by atoms with Crippen LogP contribution < -0.4 is 10.6 Å². The first-order valence-corrected chi connectivity index (χ1v) is 10.6. The second-order valence-corrected chi connectivity index (χ2v) is 7.80. The number of hydrogen-bond acceptors (Lipinski definition) is 4. The van der Waals surface area contributed by atoms with Crippen LogP contribution in [0.5, 0.6) is 0 Å². The van der Waals surface area contributed by atoms with Gasteiger partial charge in [0.15, 0.2) is 5.96 Å². The first-order chi connectivity index (χ1) is 13.5. The Bertz CT molecular complexity index is 621. The molecule has 0 aliphatic heterocycles. The van der Waals surface area contributed by atoms with E-state index in [0.29, 0.717) is 12.0 Å². The fourth-order valence-corrected chi connectivity index (χ4v) is 4.12. The third-order valence-corrected chi connectivity index (χ3v) is 5.97. The number of hydrogen-bond donors (Lipinski definition) is 2. The number of nitrogens with one attached hydrogen (secondary N) is 2. The molecule has 7 nitrogen and oxygen atoms in total. The summed E-state index contributed by atoms with van der Waals surface area (Å²) in [5, 5.41) is 11.7. The van der Waals surface area contributed by atoms with Crippen molar-refractivity contribution in [3.05, 3.63) is 17.0 Å². The molecule has 2 rings (SSSR count). The summed E-state index contributed by atoms with van der Waals surface area (Å²) in [5.74, 6) is 0.853. The molecule has 7 heteroatoms. The van der Waals surface area contributed by atoms with Crippen molar-refractivity contribution in [1.82, 2.24) is 20.4 Å². The maximum atomic E-state index is 5.62. The van der Waals surface area contributed by atoms with Crippen molar-refractivity contribution < 1.29 is 9.47 Å². The zero-order chi connectivity index (χ0) is 20.4. The van der Waals surface area contributed by atoms with Crippen LogP contribution in [0.1, 0.15) is 56.0 Å². The first-order valence-electron chi connectivity index (χ1n) is 10.6. The number of aromatic nitrogens is 2. The van der Waals surface area contributed by atoms with Crippen molar-refractivity contribution in [2.75, 3.05) is 40.5 Å². The molecule has 1 heterocycles. The van der Waals surface area contributed by atoms with Crippen LogP contribution in [0.4, 0.5) is 0 Å². The maximum Gasteiger partial charge on any atom is 0.191 e. The van der Waals surface area contributed by atoms with Crippen LogP contribution in [-0.4, -0.2) is 56.3 Å². The van der Waals surface area contributed by atoms with Crippen molar-refractivity contribution in [2.24, 2.45) is 10.4 Å². The summed E-state index contributed by atoms with van der Waals surface area (Å²) in [6.45, 7) is 11.0. The zero-order valence-corrected chi connectivity index (χ0v) is 18.4. The Hall–Kier alpha value is -1.60. The van der Waals surface area contributed by atoms with Gasteiger partial charge in [-0.2, -0.15) is 5.10 Å². The number of rotatable bonds is 11. The second kappa shape index (κ2) is 11.4. The Kier molecular flexibility index (Phi) is 9.25. The van der Waals surface area contributed by atoms with E-state index in [1.54, 1.807) is 7.11 Å². The molecular weight excluding hydrogens is 354 g/mol. The highest BCUT2D eigenvalue weighted by atomic mass is 16.5. The van der Waals surface area contributed by atoms with Gasteiger partial charge in [-0.1, -0.05) is 12.8 Å². The molecule has 0 unspecified atom stereocenters. The standard InChI is InChI=1S/C21H39N5O2/c1-6-28-13-11-21(9-7-8-10-21)16-24-20(22-4)23-15-19-17(2)25-26(18(19)3)12-14-27-5/h6-16H2,1-5H3,(H2,22,23,24). The molecule has 0 saturated heterocycles. The Morgan fingerprint density at radius 1 is 1.21 bits per heavy atom. The van der Waals surface area contributed by atoms with E-state index in [1.165, 1.54) is 36.9 Å². The number of aliphatic imine (C=N–C) groups is 1. The minimum absolute atomic E-state index is 0.337. The molecule has 160 valence electrons. The minimum Gasteiger partial charge on any atom is -0.383 e. The summed E-state index contributed by atoms with van der Waals surface area (Å²) in [6, 6.07) is 0. The van der Waals surface area contributed by atoms with Crippen LogP contribution >= 0.6 is 0 Å². The van der Waals surface area contributed by atoms with Crippen molar-refractivity contribution in [2.45, 2.75) is 66.0 Å². The van der Waals surface area contributed by atoms with Gasteiger partial charge in [-0.05, 0) is 45.4 Å². The molecule has 1 aromatic heterocycles.